The van der Waals surface area contributed by atoms with Crippen molar-refractivity contribution in [2.45, 2.75) is 77.0 Å². The van der Waals surface area contributed by atoms with Crippen LogP contribution in [0.5, 0.6) is 0 Å². The van der Waals surface area contributed by atoms with Crippen LogP contribution < -0.4 is 0 Å². The Morgan fingerprint density at radius 1 is 1.04 bits per heavy atom. The molecule has 138 valence electrons. The lowest BCUT2D eigenvalue weighted by atomic mass is 10.00. The summed E-state index contributed by atoms with van der Waals surface area (Å²) in [7, 11) is 0. The van der Waals surface area contributed by atoms with Crippen LogP contribution in [0.2, 0.25) is 0 Å². The standard InChI is InChI=1S/C19H34N2O2S/c1-4-5-6-7-8-17(22)20-11-9-19(10-12-20)21(13-14-24-19)18(23)15-16(2)3/h16H,4-15H2,1-3H3. The van der Waals surface area contributed by atoms with Crippen LogP contribution in [0.3, 0.4) is 0 Å². The summed E-state index contributed by atoms with van der Waals surface area (Å²) in [6.45, 7) is 8.90. The van der Waals surface area contributed by atoms with Crippen LogP contribution in [0.25, 0.3) is 0 Å². The molecular formula is C19H34N2O2S. The number of amides is 2. The van der Waals surface area contributed by atoms with Gasteiger partial charge in [-0.25, -0.2) is 0 Å². The van der Waals surface area contributed by atoms with Crippen molar-refractivity contribution in [2.75, 3.05) is 25.4 Å². The van der Waals surface area contributed by atoms with Crippen molar-refractivity contribution in [3.05, 3.63) is 0 Å². The molecule has 0 aliphatic carbocycles. The van der Waals surface area contributed by atoms with Crippen molar-refractivity contribution >= 4 is 23.6 Å². The number of rotatable bonds is 7. The Morgan fingerprint density at radius 3 is 2.38 bits per heavy atom. The van der Waals surface area contributed by atoms with Crippen LogP contribution in [0.1, 0.15) is 72.1 Å². The fourth-order valence-corrected chi connectivity index (χ4v) is 5.27. The molecule has 0 unspecified atom stereocenters. The van der Waals surface area contributed by atoms with Gasteiger partial charge in [-0.2, -0.15) is 0 Å². The molecule has 0 radical (unpaired) electrons. The maximum absolute atomic E-state index is 12.6. The molecule has 0 N–H and O–H groups in total. The summed E-state index contributed by atoms with van der Waals surface area (Å²) < 4.78 is 0. The van der Waals surface area contributed by atoms with Gasteiger partial charge in [0.1, 0.15) is 0 Å². The number of likely N-dealkylation sites (tertiary alicyclic amines) is 1. The summed E-state index contributed by atoms with van der Waals surface area (Å²) in [5, 5.41) is 0. The van der Waals surface area contributed by atoms with Crippen LogP contribution in [-0.2, 0) is 9.59 Å². The van der Waals surface area contributed by atoms with E-state index in [-0.39, 0.29) is 4.87 Å². The van der Waals surface area contributed by atoms with E-state index in [1.54, 1.807) is 0 Å². The summed E-state index contributed by atoms with van der Waals surface area (Å²) in [5.74, 6) is 2.05. The molecule has 4 nitrogen and oxygen atoms in total. The molecule has 2 aliphatic rings. The Balaban J connectivity index is 1.84. The Morgan fingerprint density at radius 2 is 1.75 bits per heavy atom. The molecule has 0 bridgehead atoms. The lowest BCUT2D eigenvalue weighted by Crippen LogP contribution is -2.53. The third-order valence-corrected chi connectivity index (χ3v) is 6.76. The van der Waals surface area contributed by atoms with Gasteiger partial charge in [-0.15, -0.1) is 11.8 Å². The number of piperidine rings is 1. The third kappa shape index (κ3) is 4.90. The van der Waals surface area contributed by atoms with Crippen LogP contribution in [0, 0.1) is 5.92 Å². The second-order valence-corrected chi connectivity index (χ2v) is 9.09. The van der Waals surface area contributed by atoms with E-state index < -0.39 is 0 Å². The number of hydrogen-bond acceptors (Lipinski definition) is 3. The smallest absolute Gasteiger partial charge is 0.223 e. The molecule has 0 saturated carbocycles. The summed E-state index contributed by atoms with van der Waals surface area (Å²) >= 11 is 1.93. The monoisotopic (exact) mass is 354 g/mol. The summed E-state index contributed by atoms with van der Waals surface area (Å²) in [6, 6.07) is 0. The van der Waals surface area contributed by atoms with E-state index in [0.29, 0.717) is 30.6 Å². The van der Waals surface area contributed by atoms with Gasteiger partial charge in [0, 0.05) is 38.2 Å². The minimum Gasteiger partial charge on any atom is -0.342 e. The fourth-order valence-electron chi connectivity index (χ4n) is 3.80. The molecule has 5 heteroatoms. The Bertz CT molecular complexity index is 431. The van der Waals surface area contributed by atoms with Crippen LogP contribution in [0.4, 0.5) is 0 Å². The van der Waals surface area contributed by atoms with Crippen molar-refractivity contribution in [1.82, 2.24) is 9.80 Å². The number of thioether (sulfide) groups is 1. The maximum Gasteiger partial charge on any atom is 0.223 e. The highest BCUT2D eigenvalue weighted by atomic mass is 32.2. The van der Waals surface area contributed by atoms with Gasteiger partial charge in [0.05, 0.1) is 4.87 Å². The molecule has 0 aromatic rings. The van der Waals surface area contributed by atoms with Crippen molar-refractivity contribution in [3.63, 3.8) is 0 Å². The number of unbranched alkanes of at least 4 members (excludes halogenated alkanes) is 3. The number of carbonyl (C=O) groups excluding carboxylic acids is 2. The predicted molar refractivity (Wildman–Crippen MR) is 101 cm³/mol. The lowest BCUT2D eigenvalue weighted by molar-refractivity contribution is -0.137. The zero-order chi connectivity index (χ0) is 17.6. The minimum absolute atomic E-state index is 0.0367. The van der Waals surface area contributed by atoms with Gasteiger partial charge in [-0.1, -0.05) is 40.0 Å². The number of nitrogens with zero attached hydrogens (tertiary/aromatic N) is 2. The van der Waals surface area contributed by atoms with E-state index >= 15 is 0 Å². The molecule has 2 aliphatic heterocycles. The molecule has 24 heavy (non-hydrogen) atoms. The Labute approximate surface area is 151 Å². The van der Waals surface area contributed by atoms with E-state index in [2.05, 4.69) is 25.7 Å². The van der Waals surface area contributed by atoms with E-state index in [4.69, 9.17) is 0 Å². The molecule has 0 aromatic heterocycles. The largest absolute Gasteiger partial charge is 0.342 e. The normalized spacial score (nSPS) is 20.2. The minimum atomic E-state index is -0.0367. The van der Waals surface area contributed by atoms with Gasteiger partial charge in [0.15, 0.2) is 0 Å². The van der Waals surface area contributed by atoms with E-state index in [1.165, 1.54) is 12.8 Å². The van der Waals surface area contributed by atoms with Crippen molar-refractivity contribution in [2.24, 2.45) is 5.92 Å². The highest BCUT2D eigenvalue weighted by Crippen LogP contribution is 2.44. The zero-order valence-electron chi connectivity index (χ0n) is 15.7. The fraction of sp³-hybridized carbons (Fsp3) is 0.895. The molecule has 2 rings (SSSR count). The van der Waals surface area contributed by atoms with Crippen LogP contribution in [-0.4, -0.2) is 51.9 Å². The van der Waals surface area contributed by atoms with Gasteiger partial charge < -0.3 is 9.80 Å². The van der Waals surface area contributed by atoms with E-state index in [0.717, 1.165) is 51.1 Å². The summed E-state index contributed by atoms with van der Waals surface area (Å²) in [5.41, 5.74) is 0. The summed E-state index contributed by atoms with van der Waals surface area (Å²) in [6.07, 6.45) is 7.80. The van der Waals surface area contributed by atoms with Crippen LogP contribution in [0.15, 0.2) is 0 Å². The molecule has 2 amide bonds. The molecule has 2 heterocycles. The summed E-state index contributed by atoms with van der Waals surface area (Å²) in [4.78, 5) is 29.1. The topological polar surface area (TPSA) is 40.6 Å². The molecule has 0 atom stereocenters. The SMILES string of the molecule is CCCCCCC(=O)N1CCC2(CC1)SCCN2C(=O)CC(C)C. The quantitative estimate of drug-likeness (QED) is 0.651. The average molecular weight is 355 g/mol. The highest BCUT2D eigenvalue weighted by Gasteiger charge is 2.46. The van der Waals surface area contributed by atoms with E-state index in [9.17, 15) is 9.59 Å². The van der Waals surface area contributed by atoms with Crippen molar-refractivity contribution in [1.29, 1.82) is 0 Å². The second-order valence-electron chi connectivity index (χ2n) is 7.63. The van der Waals surface area contributed by atoms with Crippen molar-refractivity contribution in [3.8, 4) is 0 Å². The second kappa shape index (κ2) is 9.12. The van der Waals surface area contributed by atoms with Crippen LogP contribution >= 0.6 is 11.8 Å². The van der Waals surface area contributed by atoms with Gasteiger partial charge >= 0.3 is 0 Å². The zero-order valence-corrected chi connectivity index (χ0v) is 16.5. The molecule has 1 spiro atoms. The molecule has 0 aromatic carbocycles. The first-order chi connectivity index (χ1) is 11.5. The first-order valence-electron chi connectivity index (χ1n) is 9.70. The first-order valence-corrected chi connectivity index (χ1v) is 10.7. The first kappa shape index (κ1) is 19.6. The molecule has 2 saturated heterocycles. The highest BCUT2D eigenvalue weighted by molar-refractivity contribution is 8.00. The average Bonchev–Trinajstić information content (AvgIpc) is 2.95. The number of carbonyl (C=O) groups is 2. The van der Waals surface area contributed by atoms with Gasteiger partial charge in [0.2, 0.25) is 11.8 Å². The van der Waals surface area contributed by atoms with Gasteiger partial charge in [0.25, 0.3) is 0 Å². The van der Waals surface area contributed by atoms with Gasteiger partial charge in [-0.05, 0) is 25.2 Å². The molecule has 2 fully saturated rings. The molecular weight excluding hydrogens is 320 g/mol. The van der Waals surface area contributed by atoms with Crippen molar-refractivity contribution < 1.29 is 9.59 Å². The van der Waals surface area contributed by atoms with E-state index in [1.807, 2.05) is 16.7 Å². The Hall–Kier alpha value is -0.710. The third-order valence-electron chi connectivity index (χ3n) is 5.20. The Kier molecular flexibility index (Phi) is 7.45. The number of hydrogen-bond donors (Lipinski definition) is 0. The predicted octanol–water partition coefficient (Wildman–Crippen LogP) is 3.90. The maximum atomic E-state index is 12.6. The van der Waals surface area contributed by atoms with Gasteiger partial charge in [-0.3, -0.25) is 9.59 Å². The lowest BCUT2D eigenvalue weighted by Gasteiger charge is -2.44.